The van der Waals surface area contributed by atoms with Crippen LogP contribution >= 0.6 is 0 Å². The Balaban J connectivity index is 1.31. The molecule has 0 amide bonds. The summed E-state index contributed by atoms with van der Waals surface area (Å²) in [5, 5.41) is 18.6. The van der Waals surface area contributed by atoms with Crippen LogP contribution in [0.4, 0.5) is 0 Å². The summed E-state index contributed by atoms with van der Waals surface area (Å²) in [6.45, 7) is 2.46. The number of nitrogens with one attached hydrogen (secondary N) is 1. The number of aliphatic hydroxyl groups is 1. The van der Waals surface area contributed by atoms with Crippen LogP contribution in [-0.4, -0.2) is 52.7 Å². The largest absolute Gasteiger partial charge is 0.439 e. The lowest BCUT2D eigenvalue weighted by atomic mass is 9.80. The number of aryl methyl sites for hydroxylation is 1. The van der Waals surface area contributed by atoms with Crippen molar-refractivity contribution < 1.29 is 14.4 Å². The highest BCUT2D eigenvalue weighted by atomic mass is 16.5. The van der Waals surface area contributed by atoms with Gasteiger partial charge in [-0.25, -0.2) is 9.31 Å². The molecule has 5 aromatic rings. The molecule has 4 heterocycles. The van der Waals surface area contributed by atoms with Crippen molar-refractivity contribution in [1.29, 1.82) is 0 Å². The van der Waals surface area contributed by atoms with Gasteiger partial charge in [-0.15, -0.1) is 0 Å². The fourth-order valence-corrected chi connectivity index (χ4v) is 6.95. The van der Waals surface area contributed by atoms with Crippen molar-refractivity contribution in [2.24, 2.45) is 0 Å². The van der Waals surface area contributed by atoms with Crippen LogP contribution in [-0.2, 0) is 17.6 Å². The molecule has 1 aliphatic heterocycles. The monoisotopic (exact) mass is 582 g/mol. The lowest BCUT2D eigenvalue weighted by Crippen LogP contribution is -2.39. The first-order valence-corrected chi connectivity index (χ1v) is 15.0. The molecule has 1 saturated carbocycles. The quantitative estimate of drug-likeness (QED) is 0.293. The van der Waals surface area contributed by atoms with E-state index in [1.165, 1.54) is 6.33 Å². The second kappa shape index (κ2) is 11.1. The summed E-state index contributed by atoms with van der Waals surface area (Å²) in [5.74, 6) is 0.265. The highest BCUT2D eigenvalue weighted by Gasteiger charge is 2.43. The lowest BCUT2D eigenvalue weighted by molar-refractivity contribution is -0.0345. The Labute approximate surface area is 247 Å². The van der Waals surface area contributed by atoms with Crippen LogP contribution in [0.15, 0.2) is 69.0 Å². The van der Waals surface area contributed by atoms with Gasteiger partial charge in [0.25, 0.3) is 5.56 Å². The molecule has 1 saturated heterocycles. The van der Waals surface area contributed by atoms with Gasteiger partial charge in [0.1, 0.15) is 6.33 Å². The number of fused-ring (bicyclic) bond motifs is 1. The van der Waals surface area contributed by atoms with Crippen LogP contribution < -0.4 is 11.3 Å². The smallest absolute Gasteiger partial charge is 0.391 e. The zero-order valence-corrected chi connectivity index (χ0v) is 24.0. The van der Waals surface area contributed by atoms with Gasteiger partial charge in [-0.3, -0.25) is 18.9 Å². The molecule has 0 bridgehead atoms. The number of hydrogen-bond acceptors (Lipinski definition) is 8. The van der Waals surface area contributed by atoms with Crippen molar-refractivity contribution in [1.82, 2.24) is 29.3 Å². The van der Waals surface area contributed by atoms with E-state index >= 15 is 0 Å². The van der Waals surface area contributed by atoms with Gasteiger partial charge in [0.05, 0.1) is 24.0 Å². The molecule has 1 unspecified atom stereocenters. The summed E-state index contributed by atoms with van der Waals surface area (Å²) >= 11 is 0. The third-order valence-corrected chi connectivity index (χ3v) is 8.98. The zero-order valence-electron chi connectivity index (χ0n) is 24.0. The van der Waals surface area contributed by atoms with Gasteiger partial charge in [-0.2, -0.15) is 10.1 Å². The molecule has 2 aliphatic rings. The Morgan fingerprint density at radius 2 is 1.91 bits per heavy atom. The molecular formula is C32H34N6O5. The number of rotatable bonds is 7. The van der Waals surface area contributed by atoms with E-state index in [4.69, 9.17) is 9.26 Å². The maximum atomic E-state index is 14.4. The van der Waals surface area contributed by atoms with Crippen LogP contribution in [0.3, 0.4) is 0 Å². The summed E-state index contributed by atoms with van der Waals surface area (Å²) in [6, 6.07) is 15.8. The summed E-state index contributed by atoms with van der Waals surface area (Å²) < 4.78 is 14.5. The maximum absolute atomic E-state index is 14.4. The number of ether oxygens (including phenoxy) is 1. The average molecular weight is 583 g/mol. The lowest BCUT2D eigenvalue weighted by Gasteiger charge is -2.37. The van der Waals surface area contributed by atoms with E-state index in [2.05, 4.69) is 27.1 Å². The van der Waals surface area contributed by atoms with Gasteiger partial charge < -0.3 is 9.84 Å². The van der Waals surface area contributed by atoms with Crippen molar-refractivity contribution in [3.05, 3.63) is 92.6 Å². The van der Waals surface area contributed by atoms with Crippen molar-refractivity contribution >= 4 is 5.78 Å². The predicted octanol–water partition coefficient (Wildman–Crippen LogP) is 4.08. The highest BCUT2D eigenvalue weighted by Crippen LogP contribution is 2.43. The van der Waals surface area contributed by atoms with E-state index in [9.17, 15) is 14.7 Å². The van der Waals surface area contributed by atoms with E-state index in [0.717, 1.165) is 54.5 Å². The van der Waals surface area contributed by atoms with E-state index < -0.39 is 11.9 Å². The number of hydrogen-bond donors (Lipinski definition) is 2. The Morgan fingerprint density at radius 3 is 2.60 bits per heavy atom. The number of aliphatic hydroxyl groups excluding tert-OH is 1. The van der Waals surface area contributed by atoms with E-state index in [1.807, 2.05) is 57.6 Å². The van der Waals surface area contributed by atoms with Gasteiger partial charge in [0.15, 0.2) is 5.82 Å². The number of aromatic amines is 1. The standard InChI is InChI=1S/C32H34N6O5/c1-2-6-27-26(16-20-9-10-24(21-7-4-3-5-8-21)25(15-20)28-35-31(41)43-36-28)29(40)37(30-33-19-34-38(27)30)22-11-13-32(14-12-22)17-23(39)18-42-32/h3-5,7-10,15,19,22-23,39H,2,6,11-14,16-18H2,1H3,(H,35,36,41). The molecule has 2 fully saturated rings. The Morgan fingerprint density at radius 1 is 1.09 bits per heavy atom. The topological polar surface area (TPSA) is 141 Å². The summed E-state index contributed by atoms with van der Waals surface area (Å²) in [7, 11) is 0. The fraction of sp³-hybridized carbons (Fsp3) is 0.406. The molecule has 7 rings (SSSR count). The molecule has 1 aliphatic carbocycles. The molecule has 1 spiro atoms. The maximum Gasteiger partial charge on any atom is 0.439 e. The van der Waals surface area contributed by atoms with Gasteiger partial charge in [0, 0.05) is 30.0 Å². The van der Waals surface area contributed by atoms with Crippen molar-refractivity contribution in [3.63, 3.8) is 0 Å². The van der Waals surface area contributed by atoms with Gasteiger partial charge >= 0.3 is 5.76 Å². The molecular weight excluding hydrogens is 548 g/mol. The molecule has 43 heavy (non-hydrogen) atoms. The third kappa shape index (κ3) is 5.02. The van der Waals surface area contributed by atoms with Crippen molar-refractivity contribution in [2.75, 3.05) is 6.61 Å². The summed E-state index contributed by atoms with van der Waals surface area (Å²) in [4.78, 5) is 33.5. The average Bonchev–Trinajstić information content (AvgIpc) is 3.77. The SMILES string of the molecule is CCCc1c(Cc2ccc(-c3ccccc3)c(-c3noc(=O)[nH]3)c2)c(=O)n(C2CCC3(CC2)CC(O)CO3)c2ncnn12. The van der Waals surface area contributed by atoms with Gasteiger partial charge in [0.2, 0.25) is 5.78 Å². The van der Waals surface area contributed by atoms with Crippen LogP contribution in [0.25, 0.3) is 28.3 Å². The van der Waals surface area contributed by atoms with E-state index in [0.29, 0.717) is 48.6 Å². The van der Waals surface area contributed by atoms with Gasteiger partial charge in [-0.1, -0.05) is 61.0 Å². The number of nitrogens with zero attached hydrogens (tertiary/aromatic N) is 5. The minimum absolute atomic E-state index is 0.0446. The minimum Gasteiger partial charge on any atom is -0.391 e. The summed E-state index contributed by atoms with van der Waals surface area (Å²) in [5.41, 5.74) is 4.66. The van der Waals surface area contributed by atoms with E-state index in [-0.39, 0.29) is 17.2 Å². The number of benzene rings is 2. The highest BCUT2D eigenvalue weighted by molar-refractivity contribution is 5.81. The minimum atomic E-state index is -0.629. The van der Waals surface area contributed by atoms with Crippen LogP contribution in [0, 0.1) is 0 Å². The molecule has 11 heteroatoms. The summed E-state index contributed by atoms with van der Waals surface area (Å²) in [6.07, 6.45) is 6.73. The number of H-pyrrole nitrogens is 1. The first-order chi connectivity index (χ1) is 20.9. The number of aromatic nitrogens is 6. The molecule has 222 valence electrons. The Hall–Kier alpha value is -4.35. The van der Waals surface area contributed by atoms with Crippen molar-refractivity contribution in [3.8, 4) is 22.5 Å². The van der Waals surface area contributed by atoms with Crippen LogP contribution in [0.1, 0.15) is 68.3 Å². The van der Waals surface area contributed by atoms with E-state index in [1.54, 1.807) is 0 Å². The van der Waals surface area contributed by atoms with Crippen molar-refractivity contribution in [2.45, 2.75) is 76.0 Å². The van der Waals surface area contributed by atoms with Crippen LogP contribution in [0.2, 0.25) is 0 Å². The Kier molecular flexibility index (Phi) is 7.06. The third-order valence-electron chi connectivity index (χ3n) is 8.98. The molecule has 0 radical (unpaired) electrons. The Bertz CT molecular complexity index is 1880. The molecule has 2 aromatic carbocycles. The van der Waals surface area contributed by atoms with Gasteiger partial charge in [-0.05, 0) is 54.9 Å². The first-order valence-electron chi connectivity index (χ1n) is 15.0. The first kappa shape index (κ1) is 27.5. The second-order valence-corrected chi connectivity index (χ2v) is 11.8. The predicted molar refractivity (Wildman–Crippen MR) is 159 cm³/mol. The molecule has 3 aromatic heterocycles. The molecule has 1 atom stereocenters. The molecule has 2 N–H and O–H groups in total. The molecule has 11 nitrogen and oxygen atoms in total. The zero-order chi connectivity index (χ0) is 29.6. The fourth-order valence-electron chi connectivity index (χ4n) is 6.95. The second-order valence-electron chi connectivity index (χ2n) is 11.8. The van der Waals surface area contributed by atoms with Crippen LogP contribution in [0.5, 0.6) is 0 Å². The normalized spacial score (nSPS) is 22.1.